The van der Waals surface area contributed by atoms with E-state index in [4.69, 9.17) is 10.7 Å². The minimum atomic E-state index is 0.290. The van der Waals surface area contributed by atoms with Gasteiger partial charge in [0.15, 0.2) is 0 Å². The van der Waals surface area contributed by atoms with Crippen LogP contribution in [0.1, 0.15) is 81.8 Å². The van der Waals surface area contributed by atoms with Crippen LogP contribution in [0.4, 0.5) is 11.6 Å². The monoisotopic (exact) mass is 488 g/mol. The summed E-state index contributed by atoms with van der Waals surface area (Å²) in [4.78, 5) is 23.6. The first-order valence-corrected chi connectivity index (χ1v) is 13.5. The lowest BCUT2D eigenvalue weighted by Gasteiger charge is -2.35. The van der Waals surface area contributed by atoms with Crippen LogP contribution in [-0.2, 0) is 6.54 Å². The molecule has 2 saturated heterocycles. The van der Waals surface area contributed by atoms with Crippen LogP contribution in [0, 0.1) is 0 Å². The maximum absolute atomic E-state index is 6.23. The quantitative estimate of drug-likeness (QED) is 0.493. The second-order valence-corrected chi connectivity index (χ2v) is 10.9. The molecular weight excluding hydrogens is 448 g/mol. The van der Waals surface area contributed by atoms with Gasteiger partial charge in [0.2, 0.25) is 0 Å². The molecule has 2 aliphatic rings. The molecule has 0 bridgehead atoms. The fraction of sp³-hybridized carbons (Fsp3) is 0.571. The summed E-state index contributed by atoms with van der Waals surface area (Å²) in [5.74, 6) is 3.93. The van der Waals surface area contributed by atoms with Crippen LogP contribution in [-0.4, -0.2) is 62.1 Å². The van der Waals surface area contributed by atoms with Crippen molar-refractivity contribution >= 4 is 11.6 Å². The molecule has 0 aromatic carbocycles. The van der Waals surface area contributed by atoms with Gasteiger partial charge in [0.25, 0.3) is 0 Å². The van der Waals surface area contributed by atoms with Crippen LogP contribution >= 0.6 is 0 Å². The largest absolute Gasteiger partial charge is 0.383 e. The third-order valence-corrected chi connectivity index (χ3v) is 7.71. The van der Waals surface area contributed by atoms with Gasteiger partial charge in [0.1, 0.15) is 23.8 Å². The number of rotatable bonds is 8. The maximum atomic E-state index is 6.23. The molecule has 3 aromatic rings. The number of imidazole rings is 1. The van der Waals surface area contributed by atoms with Crippen molar-refractivity contribution in [3.63, 3.8) is 0 Å². The molecule has 2 N–H and O–H groups in total. The summed E-state index contributed by atoms with van der Waals surface area (Å²) in [7, 11) is 0. The Kier molecular flexibility index (Phi) is 7.23. The Morgan fingerprint density at radius 3 is 2.42 bits per heavy atom. The molecule has 0 aliphatic carbocycles. The number of piperidine rings is 1. The number of nitrogens with two attached hydrogens (primary N) is 1. The average molecular weight is 489 g/mol. The van der Waals surface area contributed by atoms with Crippen molar-refractivity contribution in [2.45, 2.75) is 71.3 Å². The summed E-state index contributed by atoms with van der Waals surface area (Å²) in [5.41, 5.74) is 10.6. The van der Waals surface area contributed by atoms with E-state index in [-0.39, 0.29) is 5.92 Å². The van der Waals surface area contributed by atoms with E-state index in [0.29, 0.717) is 17.7 Å². The van der Waals surface area contributed by atoms with Gasteiger partial charge in [-0.1, -0.05) is 27.7 Å². The van der Waals surface area contributed by atoms with Crippen LogP contribution < -0.4 is 10.6 Å². The molecule has 2 fully saturated rings. The fourth-order valence-electron chi connectivity index (χ4n) is 5.41. The normalized spacial score (nSPS) is 17.2. The highest BCUT2D eigenvalue weighted by molar-refractivity contribution is 5.60. The predicted octanol–water partition coefficient (Wildman–Crippen LogP) is 4.65. The van der Waals surface area contributed by atoms with Gasteiger partial charge < -0.3 is 20.1 Å². The van der Waals surface area contributed by atoms with E-state index in [1.807, 2.05) is 6.20 Å². The lowest BCUT2D eigenvalue weighted by Crippen LogP contribution is -2.39. The molecule has 5 rings (SSSR count). The van der Waals surface area contributed by atoms with Crippen molar-refractivity contribution < 1.29 is 0 Å². The van der Waals surface area contributed by atoms with Gasteiger partial charge in [0.05, 0.1) is 5.69 Å². The number of likely N-dealkylation sites (tertiary alicyclic amines) is 1. The van der Waals surface area contributed by atoms with Gasteiger partial charge in [0, 0.05) is 61.3 Å². The molecule has 0 spiro atoms. The molecule has 0 unspecified atom stereocenters. The SMILES string of the molecule is CC(C)c1cc(-c2cn(CCN3CCC3)c(C3CCN(c4ncnc(N)c4C(C)C)CC3)n2)ccn1. The minimum absolute atomic E-state index is 0.290. The molecule has 36 heavy (non-hydrogen) atoms. The molecule has 8 heteroatoms. The van der Waals surface area contributed by atoms with E-state index < -0.39 is 0 Å². The number of aromatic nitrogens is 5. The Morgan fingerprint density at radius 1 is 0.972 bits per heavy atom. The van der Waals surface area contributed by atoms with Crippen LogP contribution in [0.3, 0.4) is 0 Å². The Balaban J connectivity index is 1.38. The first kappa shape index (κ1) is 24.7. The third kappa shape index (κ3) is 5.09. The zero-order valence-corrected chi connectivity index (χ0v) is 22.2. The Labute approximate surface area is 215 Å². The summed E-state index contributed by atoms with van der Waals surface area (Å²) >= 11 is 0. The maximum Gasteiger partial charge on any atom is 0.137 e. The lowest BCUT2D eigenvalue weighted by atomic mass is 9.94. The van der Waals surface area contributed by atoms with E-state index in [1.54, 1.807) is 6.33 Å². The average Bonchev–Trinajstić information content (AvgIpc) is 3.27. The topological polar surface area (TPSA) is 89.0 Å². The molecule has 192 valence electrons. The van der Waals surface area contributed by atoms with Gasteiger partial charge in [-0.15, -0.1) is 0 Å². The van der Waals surface area contributed by atoms with Crippen molar-refractivity contribution in [2.24, 2.45) is 0 Å². The van der Waals surface area contributed by atoms with Gasteiger partial charge >= 0.3 is 0 Å². The second kappa shape index (κ2) is 10.5. The summed E-state index contributed by atoms with van der Waals surface area (Å²) in [6, 6.07) is 4.29. The van der Waals surface area contributed by atoms with Crippen LogP contribution in [0.25, 0.3) is 11.3 Å². The number of anilines is 2. The molecule has 0 atom stereocenters. The Bertz CT molecular complexity index is 1170. The molecule has 0 amide bonds. The molecule has 2 aliphatic heterocycles. The third-order valence-electron chi connectivity index (χ3n) is 7.71. The summed E-state index contributed by atoms with van der Waals surface area (Å²) in [5, 5.41) is 0. The zero-order chi connectivity index (χ0) is 25.2. The van der Waals surface area contributed by atoms with Gasteiger partial charge in [-0.05, 0) is 56.3 Å². The summed E-state index contributed by atoms with van der Waals surface area (Å²) in [6.45, 7) is 15.1. The van der Waals surface area contributed by atoms with E-state index >= 15 is 0 Å². The van der Waals surface area contributed by atoms with E-state index in [0.717, 1.165) is 67.4 Å². The number of nitrogen functional groups attached to an aromatic ring is 1. The Morgan fingerprint density at radius 2 is 1.75 bits per heavy atom. The zero-order valence-electron chi connectivity index (χ0n) is 22.2. The van der Waals surface area contributed by atoms with Crippen LogP contribution in [0.5, 0.6) is 0 Å². The summed E-state index contributed by atoms with van der Waals surface area (Å²) < 4.78 is 2.42. The van der Waals surface area contributed by atoms with Crippen LogP contribution in [0.15, 0.2) is 30.9 Å². The first-order chi connectivity index (χ1) is 17.4. The molecule has 8 nitrogen and oxygen atoms in total. The van der Waals surface area contributed by atoms with Gasteiger partial charge in [-0.3, -0.25) is 4.98 Å². The Hall–Kier alpha value is -3.00. The number of pyridine rings is 1. The van der Waals surface area contributed by atoms with E-state index in [9.17, 15) is 0 Å². The highest BCUT2D eigenvalue weighted by Crippen LogP contribution is 2.35. The molecule has 3 aromatic heterocycles. The fourth-order valence-corrected chi connectivity index (χ4v) is 5.41. The first-order valence-electron chi connectivity index (χ1n) is 13.5. The highest BCUT2D eigenvalue weighted by atomic mass is 15.2. The van der Waals surface area contributed by atoms with Crippen LogP contribution in [0.2, 0.25) is 0 Å². The summed E-state index contributed by atoms with van der Waals surface area (Å²) in [6.07, 6.45) is 9.20. The molecule has 0 radical (unpaired) electrons. The predicted molar refractivity (Wildman–Crippen MR) is 145 cm³/mol. The number of hydrogen-bond acceptors (Lipinski definition) is 7. The molecule has 0 saturated carbocycles. The molecule has 5 heterocycles. The van der Waals surface area contributed by atoms with Crippen molar-refractivity contribution in [1.82, 2.24) is 29.4 Å². The lowest BCUT2D eigenvalue weighted by molar-refractivity contribution is 0.173. The van der Waals surface area contributed by atoms with Gasteiger partial charge in [-0.2, -0.15) is 0 Å². The number of hydrogen-bond donors (Lipinski definition) is 1. The van der Waals surface area contributed by atoms with Crippen molar-refractivity contribution in [3.8, 4) is 11.3 Å². The highest BCUT2D eigenvalue weighted by Gasteiger charge is 2.28. The van der Waals surface area contributed by atoms with Crippen molar-refractivity contribution in [2.75, 3.05) is 43.4 Å². The van der Waals surface area contributed by atoms with Gasteiger partial charge in [-0.25, -0.2) is 15.0 Å². The van der Waals surface area contributed by atoms with E-state index in [1.165, 1.54) is 25.3 Å². The number of nitrogens with zero attached hydrogens (tertiary/aromatic N) is 7. The van der Waals surface area contributed by atoms with E-state index in [2.05, 4.69) is 75.3 Å². The van der Waals surface area contributed by atoms with Crippen molar-refractivity contribution in [3.05, 3.63) is 47.9 Å². The standard InChI is InChI=1S/C28H40N8/c1-19(2)23-16-22(6-9-30-23)24-17-36(15-14-34-10-5-11-34)27(33-24)21-7-12-35(13-8-21)28-25(20(3)4)26(29)31-18-32-28/h6,9,16-21H,5,7-8,10-15H2,1-4H3,(H2,29,31,32). The minimum Gasteiger partial charge on any atom is -0.383 e. The second-order valence-electron chi connectivity index (χ2n) is 10.9. The molecular formula is C28H40N8. The smallest absolute Gasteiger partial charge is 0.137 e. The van der Waals surface area contributed by atoms with Crippen molar-refractivity contribution in [1.29, 1.82) is 0 Å².